The van der Waals surface area contributed by atoms with Crippen LogP contribution < -0.4 is 5.32 Å². The Bertz CT molecular complexity index is 567. The van der Waals surface area contributed by atoms with Crippen molar-refractivity contribution in [3.05, 3.63) is 46.7 Å². The molecule has 0 spiro atoms. The zero-order chi connectivity index (χ0) is 14.0. The first-order valence-electron chi connectivity index (χ1n) is 6.40. The molecule has 0 atom stereocenters. The fraction of sp³-hybridized carbons (Fsp3) is 0.400. The van der Waals surface area contributed by atoms with Gasteiger partial charge in [-0.2, -0.15) is 5.10 Å². The van der Waals surface area contributed by atoms with Crippen molar-refractivity contribution in [1.82, 2.24) is 15.1 Å². The number of nitrogens with zero attached hydrogens (tertiary/aromatic N) is 2. The van der Waals surface area contributed by atoms with Gasteiger partial charge in [0.15, 0.2) is 0 Å². The molecule has 1 heterocycles. The molecule has 0 fully saturated rings. The SMILES string of the molecule is Cc1cnn(-c2ccc(CNC(C)(C)C)cc2Cl)c1. The molecule has 0 aliphatic carbocycles. The maximum atomic E-state index is 6.33. The molecular weight excluding hydrogens is 258 g/mol. The van der Waals surface area contributed by atoms with Gasteiger partial charge in [0.1, 0.15) is 0 Å². The smallest absolute Gasteiger partial charge is 0.0832 e. The van der Waals surface area contributed by atoms with Crippen LogP contribution in [0.3, 0.4) is 0 Å². The molecule has 102 valence electrons. The van der Waals surface area contributed by atoms with Crippen molar-refractivity contribution >= 4 is 11.6 Å². The first-order valence-corrected chi connectivity index (χ1v) is 6.78. The molecule has 0 saturated heterocycles. The molecular formula is C15H20ClN3. The molecule has 1 N–H and O–H groups in total. The molecule has 4 heteroatoms. The van der Waals surface area contributed by atoms with Crippen LogP contribution in [0.1, 0.15) is 31.9 Å². The topological polar surface area (TPSA) is 29.9 Å². The molecule has 1 aromatic carbocycles. The van der Waals surface area contributed by atoms with Crippen molar-refractivity contribution in [2.24, 2.45) is 0 Å². The van der Waals surface area contributed by atoms with E-state index in [0.29, 0.717) is 0 Å². The van der Waals surface area contributed by atoms with Crippen LogP contribution in [0.25, 0.3) is 5.69 Å². The lowest BCUT2D eigenvalue weighted by Gasteiger charge is -2.20. The van der Waals surface area contributed by atoms with E-state index in [2.05, 4.69) is 37.3 Å². The van der Waals surface area contributed by atoms with Gasteiger partial charge in [0.2, 0.25) is 0 Å². The lowest BCUT2D eigenvalue weighted by atomic mass is 10.1. The fourth-order valence-corrected chi connectivity index (χ4v) is 2.05. The van der Waals surface area contributed by atoms with E-state index < -0.39 is 0 Å². The van der Waals surface area contributed by atoms with Crippen molar-refractivity contribution < 1.29 is 0 Å². The number of hydrogen-bond donors (Lipinski definition) is 1. The Hall–Kier alpha value is -1.32. The van der Waals surface area contributed by atoms with Gasteiger partial charge in [0.25, 0.3) is 0 Å². The van der Waals surface area contributed by atoms with Crippen LogP contribution in [-0.2, 0) is 6.54 Å². The van der Waals surface area contributed by atoms with Crippen LogP contribution in [0.15, 0.2) is 30.6 Å². The molecule has 0 radical (unpaired) electrons. The number of aromatic nitrogens is 2. The van der Waals surface area contributed by atoms with Gasteiger partial charge in [0.05, 0.1) is 16.9 Å². The summed E-state index contributed by atoms with van der Waals surface area (Å²) >= 11 is 6.33. The molecule has 0 amide bonds. The first kappa shape index (κ1) is 14.1. The summed E-state index contributed by atoms with van der Waals surface area (Å²) in [6, 6.07) is 6.08. The third-order valence-corrected chi connectivity index (χ3v) is 3.10. The van der Waals surface area contributed by atoms with Gasteiger partial charge in [-0.05, 0) is 51.0 Å². The van der Waals surface area contributed by atoms with Gasteiger partial charge in [-0.25, -0.2) is 4.68 Å². The van der Waals surface area contributed by atoms with Gasteiger partial charge in [-0.1, -0.05) is 17.7 Å². The Balaban J connectivity index is 2.18. The quantitative estimate of drug-likeness (QED) is 0.927. The third kappa shape index (κ3) is 3.82. The largest absolute Gasteiger partial charge is 0.308 e. The van der Waals surface area contributed by atoms with Crippen molar-refractivity contribution in [3.8, 4) is 5.69 Å². The summed E-state index contributed by atoms with van der Waals surface area (Å²) < 4.78 is 1.80. The Kier molecular flexibility index (Phi) is 3.97. The minimum Gasteiger partial charge on any atom is -0.308 e. The highest BCUT2D eigenvalue weighted by Crippen LogP contribution is 2.22. The molecule has 0 unspecified atom stereocenters. The second-order valence-corrected chi connectivity index (χ2v) is 6.26. The third-order valence-electron chi connectivity index (χ3n) is 2.79. The maximum Gasteiger partial charge on any atom is 0.0832 e. The average molecular weight is 278 g/mol. The van der Waals surface area contributed by atoms with Crippen molar-refractivity contribution in [1.29, 1.82) is 0 Å². The highest BCUT2D eigenvalue weighted by molar-refractivity contribution is 6.32. The van der Waals surface area contributed by atoms with Crippen LogP contribution in [0.4, 0.5) is 0 Å². The maximum absolute atomic E-state index is 6.33. The fourth-order valence-electron chi connectivity index (χ4n) is 1.76. The first-order chi connectivity index (χ1) is 8.85. The standard InChI is InChI=1S/C15H20ClN3/c1-11-8-18-19(10-11)14-6-5-12(7-13(14)16)9-17-15(2,3)4/h5-8,10,17H,9H2,1-4H3. The van der Waals surface area contributed by atoms with Crippen molar-refractivity contribution in [2.75, 3.05) is 0 Å². The molecule has 0 aliphatic heterocycles. The Morgan fingerprint density at radius 2 is 2.05 bits per heavy atom. The molecule has 19 heavy (non-hydrogen) atoms. The highest BCUT2D eigenvalue weighted by atomic mass is 35.5. The van der Waals surface area contributed by atoms with Gasteiger partial charge in [-0.3, -0.25) is 0 Å². The summed E-state index contributed by atoms with van der Waals surface area (Å²) in [5.41, 5.74) is 3.31. The van der Waals surface area contributed by atoms with Crippen molar-refractivity contribution in [2.45, 2.75) is 39.8 Å². The lowest BCUT2D eigenvalue weighted by Crippen LogP contribution is -2.35. The average Bonchev–Trinajstić information content (AvgIpc) is 2.72. The minimum atomic E-state index is 0.101. The normalized spacial score (nSPS) is 11.8. The van der Waals surface area contributed by atoms with Gasteiger partial charge < -0.3 is 5.32 Å². The molecule has 0 aliphatic rings. The molecule has 1 aromatic heterocycles. The van der Waals surface area contributed by atoms with E-state index in [4.69, 9.17) is 11.6 Å². The molecule has 0 bridgehead atoms. The zero-order valence-electron chi connectivity index (χ0n) is 11.9. The molecule has 0 saturated carbocycles. The number of rotatable bonds is 3. The van der Waals surface area contributed by atoms with Crippen LogP contribution >= 0.6 is 11.6 Å². The second-order valence-electron chi connectivity index (χ2n) is 5.85. The van der Waals surface area contributed by atoms with E-state index in [9.17, 15) is 0 Å². The summed E-state index contributed by atoms with van der Waals surface area (Å²) in [5, 5.41) is 8.44. The summed E-state index contributed by atoms with van der Waals surface area (Å²) in [6.45, 7) is 9.27. The summed E-state index contributed by atoms with van der Waals surface area (Å²) in [5.74, 6) is 0. The summed E-state index contributed by atoms with van der Waals surface area (Å²) in [4.78, 5) is 0. The zero-order valence-corrected chi connectivity index (χ0v) is 12.6. The number of halogens is 1. The molecule has 3 nitrogen and oxygen atoms in total. The predicted molar refractivity (Wildman–Crippen MR) is 79.9 cm³/mol. The van der Waals surface area contributed by atoms with E-state index in [-0.39, 0.29) is 5.54 Å². The number of nitrogens with one attached hydrogen (secondary N) is 1. The lowest BCUT2D eigenvalue weighted by molar-refractivity contribution is 0.424. The van der Waals surface area contributed by atoms with Gasteiger partial charge in [-0.15, -0.1) is 0 Å². The number of aryl methyl sites for hydroxylation is 1. The predicted octanol–water partition coefficient (Wildman–Crippen LogP) is 3.72. The van der Waals surface area contributed by atoms with Crippen LogP contribution in [0.2, 0.25) is 5.02 Å². The molecule has 2 rings (SSSR count). The monoisotopic (exact) mass is 277 g/mol. The van der Waals surface area contributed by atoms with E-state index in [1.807, 2.05) is 31.5 Å². The minimum absolute atomic E-state index is 0.101. The second kappa shape index (κ2) is 5.35. The van der Waals surface area contributed by atoms with Crippen molar-refractivity contribution in [3.63, 3.8) is 0 Å². The van der Waals surface area contributed by atoms with Crippen LogP contribution in [0.5, 0.6) is 0 Å². The van der Waals surface area contributed by atoms with Crippen LogP contribution in [0, 0.1) is 6.92 Å². The van der Waals surface area contributed by atoms with E-state index in [0.717, 1.165) is 22.8 Å². The van der Waals surface area contributed by atoms with E-state index in [1.54, 1.807) is 4.68 Å². The highest BCUT2D eigenvalue weighted by Gasteiger charge is 2.10. The summed E-state index contributed by atoms with van der Waals surface area (Å²) in [7, 11) is 0. The number of benzene rings is 1. The Morgan fingerprint density at radius 1 is 1.32 bits per heavy atom. The molecule has 2 aromatic rings. The summed E-state index contributed by atoms with van der Waals surface area (Å²) in [6.07, 6.45) is 3.79. The Labute approximate surface area is 119 Å². The number of hydrogen-bond acceptors (Lipinski definition) is 2. The van der Waals surface area contributed by atoms with Crippen LogP contribution in [-0.4, -0.2) is 15.3 Å². The Morgan fingerprint density at radius 3 is 2.58 bits per heavy atom. The van der Waals surface area contributed by atoms with Gasteiger partial charge in [0, 0.05) is 18.3 Å². The van der Waals surface area contributed by atoms with E-state index >= 15 is 0 Å². The van der Waals surface area contributed by atoms with Gasteiger partial charge >= 0.3 is 0 Å². The van der Waals surface area contributed by atoms with E-state index in [1.165, 1.54) is 5.56 Å².